The summed E-state index contributed by atoms with van der Waals surface area (Å²) in [4.78, 5) is 27.3. The molecule has 0 spiro atoms. The number of anilines is 1. The van der Waals surface area contributed by atoms with Gasteiger partial charge >= 0.3 is 0 Å². The van der Waals surface area contributed by atoms with Crippen molar-refractivity contribution < 1.29 is 31.9 Å². The van der Waals surface area contributed by atoms with E-state index in [1.165, 1.54) is 62.6 Å². The number of likely N-dealkylation sites (N-methyl/N-ethyl adjacent to an activating group) is 1. The Morgan fingerprint density at radius 2 is 1.74 bits per heavy atom. The van der Waals surface area contributed by atoms with Crippen LogP contribution in [0.25, 0.3) is 0 Å². The van der Waals surface area contributed by atoms with Gasteiger partial charge in [-0.3, -0.25) is 13.9 Å². The van der Waals surface area contributed by atoms with E-state index in [-0.39, 0.29) is 24.4 Å². The number of rotatable bonds is 11. The lowest BCUT2D eigenvalue weighted by atomic mass is 10.1. The summed E-state index contributed by atoms with van der Waals surface area (Å²) in [6.45, 7) is 1.16. The SMILES string of the molecule is CC[C@@H](C(=O)NC)N(Cc1ccc(F)cc1)C(=O)CN(c1ccc(OC)cc1OC)S(C)(=O)=O. The van der Waals surface area contributed by atoms with Crippen LogP contribution in [0.3, 0.4) is 0 Å². The fourth-order valence-corrected chi connectivity index (χ4v) is 4.31. The molecule has 2 rings (SSSR count). The predicted octanol–water partition coefficient (Wildman–Crippen LogP) is 2.16. The van der Waals surface area contributed by atoms with Crippen LogP contribution in [0.5, 0.6) is 11.5 Å². The van der Waals surface area contributed by atoms with Gasteiger partial charge < -0.3 is 19.7 Å². The van der Waals surface area contributed by atoms with Crippen molar-refractivity contribution in [3.63, 3.8) is 0 Å². The number of nitrogens with one attached hydrogen (secondary N) is 1. The van der Waals surface area contributed by atoms with Gasteiger partial charge in [0.25, 0.3) is 0 Å². The Morgan fingerprint density at radius 3 is 2.24 bits per heavy atom. The zero-order chi connectivity index (χ0) is 25.5. The monoisotopic (exact) mass is 495 g/mol. The lowest BCUT2D eigenvalue weighted by molar-refractivity contribution is -0.140. The molecule has 186 valence electrons. The quantitative estimate of drug-likeness (QED) is 0.512. The third-order valence-corrected chi connectivity index (χ3v) is 6.36. The van der Waals surface area contributed by atoms with Crippen molar-refractivity contribution in [1.29, 1.82) is 0 Å². The Kier molecular flexibility index (Phi) is 9.25. The molecule has 34 heavy (non-hydrogen) atoms. The van der Waals surface area contributed by atoms with Gasteiger partial charge in [-0.25, -0.2) is 12.8 Å². The largest absolute Gasteiger partial charge is 0.497 e. The van der Waals surface area contributed by atoms with E-state index in [0.29, 0.717) is 11.3 Å². The van der Waals surface area contributed by atoms with Crippen molar-refractivity contribution in [2.24, 2.45) is 0 Å². The van der Waals surface area contributed by atoms with E-state index < -0.39 is 40.2 Å². The number of amides is 2. The fraction of sp³-hybridized carbons (Fsp3) is 0.391. The Bertz CT molecular complexity index is 1110. The first-order valence-corrected chi connectivity index (χ1v) is 12.4. The normalized spacial score (nSPS) is 11.9. The molecule has 0 heterocycles. The highest BCUT2D eigenvalue weighted by molar-refractivity contribution is 7.92. The molecule has 0 aromatic heterocycles. The van der Waals surface area contributed by atoms with E-state index >= 15 is 0 Å². The van der Waals surface area contributed by atoms with Gasteiger partial charge in [-0.05, 0) is 36.2 Å². The second-order valence-corrected chi connectivity index (χ2v) is 9.40. The molecule has 9 nitrogen and oxygen atoms in total. The number of methoxy groups -OCH3 is 2. The summed E-state index contributed by atoms with van der Waals surface area (Å²) in [5, 5.41) is 2.53. The minimum Gasteiger partial charge on any atom is -0.497 e. The van der Waals surface area contributed by atoms with Crippen molar-refractivity contribution in [2.75, 3.05) is 38.4 Å². The molecule has 2 aromatic carbocycles. The van der Waals surface area contributed by atoms with Crippen molar-refractivity contribution in [2.45, 2.75) is 25.9 Å². The summed E-state index contributed by atoms with van der Waals surface area (Å²) in [5.74, 6) is -0.797. The second kappa shape index (κ2) is 11.7. The van der Waals surface area contributed by atoms with Gasteiger partial charge in [0.05, 0.1) is 26.2 Å². The van der Waals surface area contributed by atoms with E-state index in [1.54, 1.807) is 13.0 Å². The molecule has 0 bridgehead atoms. The third-order valence-electron chi connectivity index (χ3n) is 5.23. The first-order chi connectivity index (χ1) is 16.0. The van der Waals surface area contributed by atoms with Crippen LogP contribution in [0.15, 0.2) is 42.5 Å². The van der Waals surface area contributed by atoms with Crippen LogP contribution < -0.4 is 19.1 Å². The Morgan fingerprint density at radius 1 is 1.09 bits per heavy atom. The van der Waals surface area contributed by atoms with Gasteiger partial charge in [0, 0.05) is 19.7 Å². The molecule has 0 fully saturated rings. The zero-order valence-electron chi connectivity index (χ0n) is 19.9. The molecule has 0 aliphatic rings. The minimum absolute atomic E-state index is 0.0115. The van der Waals surface area contributed by atoms with Crippen molar-refractivity contribution >= 4 is 27.5 Å². The fourth-order valence-electron chi connectivity index (χ4n) is 3.46. The molecule has 0 unspecified atom stereocenters. The number of halogens is 1. The van der Waals surface area contributed by atoms with Crippen molar-refractivity contribution in [1.82, 2.24) is 10.2 Å². The average Bonchev–Trinajstić information content (AvgIpc) is 2.82. The number of hydrogen-bond acceptors (Lipinski definition) is 6. The van der Waals surface area contributed by atoms with E-state index in [9.17, 15) is 22.4 Å². The molecule has 2 amide bonds. The molecule has 1 N–H and O–H groups in total. The number of benzene rings is 2. The van der Waals surface area contributed by atoms with E-state index in [2.05, 4.69) is 5.32 Å². The van der Waals surface area contributed by atoms with Gasteiger partial charge in [-0.1, -0.05) is 19.1 Å². The topological polar surface area (TPSA) is 105 Å². The van der Waals surface area contributed by atoms with Crippen molar-refractivity contribution in [3.8, 4) is 11.5 Å². The highest BCUT2D eigenvalue weighted by Crippen LogP contribution is 2.33. The average molecular weight is 496 g/mol. The van der Waals surface area contributed by atoms with Crippen LogP contribution in [0.1, 0.15) is 18.9 Å². The minimum atomic E-state index is -3.92. The maximum Gasteiger partial charge on any atom is 0.244 e. The van der Waals surface area contributed by atoms with E-state index in [1.807, 2.05) is 0 Å². The number of nitrogens with zero attached hydrogens (tertiary/aromatic N) is 2. The van der Waals surface area contributed by atoms with Crippen molar-refractivity contribution in [3.05, 3.63) is 53.8 Å². The maximum atomic E-state index is 13.5. The zero-order valence-corrected chi connectivity index (χ0v) is 20.7. The smallest absolute Gasteiger partial charge is 0.244 e. The number of sulfonamides is 1. The Balaban J connectivity index is 2.48. The molecule has 11 heteroatoms. The highest BCUT2D eigenvalue weighted by atomic mass is 32.2. The molecule has 0 radical (unpaired) electrons. The summed E-state index contributed by atoms with van der Waals surface area (Å²) in [6, 6.07) is 9.20. The van der Waals surface area contributed by atoms with Gasteiger partial charge in [-0.2, -0.15) is 0 Å². The number of ether oxygens (including phenoxy) is 2. The van der Waals surface area contributed by atoms with Crippen LogP contribution in [0.4, 0.5) is 10.1 Å². The van der Waals surface area contributed by atoms with Gasteiger partial charge in [0.15, 0.2) is 0 Å². The summed E-state index contributed by atoms with van der Waals surface area (Å²) in [5.41, 5.74) is 0.735. The third kappa shape index (κ3) is 6.60. The summed E-state index contributed by atoms with van der Waals surface area (Å²) < 4.78 is 50.1. The first kappa shape index (κ1) is 26.9. The summed E-state index contributed by atoms with van der Waals surface area (Å²) in [6.07, 6.45) is 1.27. The molecular formula is C23H30FN3O6S. The van der Waals surface area contributed by atoms with Crippen LogP contribution in [-0.4, -0.2) is 65.2 Å². The molecule has 0 saturated heterocycles. The Labute approximate surface area is 199 Å². The highest BCUT2D eigenvalue weighted by Gasteiger charge is 2.32. The van der Waals surface area contributed by atoms with Crippen LogP contribution in [0.2, 0.25) is 0 Å². The number of carbonyl (C=O) groups excluding carboxylic acids is 2. The van der Waals surface area contributed by atoms with E-state index in [0.717, 1.165) is 10.6 Å². The van der Waals surface area contributed by atoms with Crippen LogP contribution in [-0.2, 0) is 26.2 Å². The van der Waals surface area contributed by atoms with Gasteiger partial charge in [0.1, 0.15) is 29.9 Å². The summed E-state index contributed by atoms with van der Waals surface area (Å²) >= 11 is 0. The molecule has 0 aliphatic carbocycles. The lowest BCUT2D eigenvalue weighted by Gasteiger charge is -2.32. The maximum absolute atomic E-state index is 13.5. The number of hydrogen-bond donors (Lipinski definition) is 1. The van der Waals surface area contributed by atoms with E-state index in [4.69, 9.17) is 9.47 Å². The standard InChI is InChI=1S/C23H30FN3O6S/c1-6-19(23(29)25-2)26(14-16-7-9-17(24)10-8-16)22(28)15-27(34(5,30)31)20-12-11-18(32-3)13-21(20)33-4/h7-13,19H,6,14-15H2,1-5H3,(H,25,29)/t19-/m0/s1. The lowest BCUT2D eigenvalue weighted by Crippen LogP contribution is -2.51. The van der Waals surface area contributed by atoms with Crippen LogP contribution >= 0.6 is 0 Å². The Hall–Kier alpha value is -3.34. The molecule has 0 aliphatic heterocycles. The predicted molar refractivity (Wildman–Crippen MR) is 127 cm³/mol. The second-order valence-electron chi connectivity index (χ2n) is 7.49. The van der Waals surface area contributed by atoms with Crippen LogP contribution in [0, 0.1) is 5.82 Å². The molecule has 2 aromatic rings. The molecule has 0 saturated carbocycles. The van der Waals surface area contributed by atoms with Gasteiger partial charge in [0.2, 0.25) is 21.8 Å². The molecule has 1 atom stereocenters. The summed E-state index contributed by atoms with van der Waals surface area (Å²) in [7, 11) is 0.371. The first-order valence-electron chi connectivity index (χ1n) is 10.5. The van der Waals surface area contributed by atoms with Gasteiger partial charge in [-0.15, -0.1) is 0 Å². The number of carbonyl (C=O) groups is 2. The molecular weight excluding hydrogens is 465 g/mol.